The van der Waals surface area contributed by atoms with Gasteiger partial charge in [0, 0.05) is 6.54 Å². The molecule has 29 heavy (non-hydrogen) atoms. The lowest BCUT2D eigenvalue weighted by Crippen LogP contribution is -2.08. The SMILES string of the molecule is CCCNc1sc(S(=O)(=O)c2ccc(C)cc2)nc1S(=O)(=O)c1ccc(C)cc1. The molecule has 3 aromatic rings. The van der Waals surface area contributed by atoms with Gasteiger partial charge in [-0.1, -0.05) is 53.7 Å². The van der Waals surface area contributed by atoms with Gasteiger partial charge in [0.15, 0.2) is 5.03 Å². The molecule has 0 aliphatic heterocycles. The van der Waals surface area contributed by atoms with Crippen LogP contribution in [0.25, 0.3) is 0 Å². The molecule has 9 heteroatoms. The fraction of sp³-hybridized carbons (Fsp3) is 0.250. The van der Waals surface area contributed by atoms with E-state index >= 15 is 0 Å². The number of anilines is 1. The molecule has 0 amide bonds. The highest BCUT2D eigenvalue weighted by molar-refractivity contribution is 7.94. The molecular formula is C20H22N2O4S3. The summed E-state index contributed by atoms with van der Waals surface area (Å²) in [6.45, 7) is 6.16. The largest absolute Gasteiger partial charge is 0.374 e. The summed E-state index contributed by atoms with van der Waals surface area (Å²) < 4.78 is 52.1. The summed E-state index contributed by atoms with van der Waals surface area (Å²) >= 11 is 0.841. The second-order valence-corrected chi connectivity index (χ2v) is 11.7. The zero-order chi connectivity index (χ0) is 21.2. The Kier molecular flexibility index (Phi) is 6.11. The van der Waals surface area contributed by atoms with Gasteiger partial charge < -0.3 is 5.32 Å². The Balaban J connectivity index is 2.14. The van der Waals surface area contributed by atoms with Gasteiger partial charge in [0.2, 0.25) is 24.0 Å². The van der Waals surface area contributed by atoms with Crippen LogP contribution < -0.4 is 5.32 Å². The summed E-state index contributed by atoms with van der Waals surface area (Å²) in [4.78, 5) is 4.24. The van der Waals surface area contributed by atoms with E-state index in [1.807, 2.05) is 20.8 Å². The van der Waals surface area contributed by atoms with Crippen LogP contribution in [0.3, 0.4) is 0 Å². The Morgan fingerprint density at radius 1 is 0.828 bits per heavy atom. The number of benzene rings is 2. The average Bonchev–Trinajstić information content (AvgIpc) is 3.13. The van der Waals surface area contributed by atoms with Crippen molar-refractivity contribution in [3.05, 3.63) is 59.7 Å². The van der Waals surface area contributed by atoms with Gasteiger partial charge in [0.1, 0.15) is 5.00 Å². The topological polar surface area (TPSA) is 93.2 Å². The highest BCUT2D eigenvalue weighted by atomic mass is 32.2. The van der Waals surface area contributed by atoms with E-state index in [0.717, 1.165) is 28.9 Å². The maximum Gasteiger partial charge on any atom is 0.233 e. The fourth-order valence-electron chi connectivity index (χ4n) is 2.58. The molecule has 0 aliphatic carbocycles. The lowest BCUT2D eigenvalue weighted by atomic mass is 10.2. The van der Waals surface area contributed by atoms with Crippen LogP contribution >= 0.6 is 11.3 Å². The molecule has 6 nitrogen and oxygen atoms in total. The lowest BCUT2D eigenvalue weighted by molar-refractivity contribution is 0.589. The quantitative estimate of drug-likeness (QED) is 0.578. The van der Waals surface area contributed by atoms with Gasteiger partial charge in [-0.3, -0.25) is 0 Å². The minimum atomic E-state index is -3.97. The predicted octanol–water partition coefficient (Wildman–Crippen LogP) is 4.25. The van der Waals surface area contributed by atoms with E-state index in [1.165, 1.54) is 24.3 Å². The monoisotopic (exact) mass is 450 g/mol. The first-order chi connectivity index (χ1) is 13.7. The Labute approximate surface area is 175 Å². The van der Waals surface area contributed by atoms with E-state index in [0.29, 0.717) is 6.54 Å². The van der Waals surface area contributed by atoms with Crippen LogP contribution in [-0.4, -0.2) is 28.4 Å². The fourth-order valence-corrected chi connectivity index (χ4v) is 6.90. The molecule has 0 spiro atoms. The van der Waals surface area contributed by atoms with Crippen molar-refractivity contribution < 1.29 is 16.8 Å². The molecule has 1 aromatic heterocycles. The van der Waals surface area contributed by atoms with Crippen molar-refractivity contribution in [2.75, 3.05) is 11.9 Å². The van der Waals surface area contributed by atoms with Crippen LogP contribution in [0.1, 0.15) is 24.5 Å². The maximum absolute atomic E-state index is 13.2. The van der Waals surface area contributed by atoms with E-state index in [9.17, 15) is 16.8 Å². The number of nitrogens with zero attached hydrogens (tertiary/aromatic N) is 1. The van der Waals surface area contributed by atoms with E-state index in [1.54, 1.807) is 24.3 Å². The summed E-state index contributed by atoms with van der Waals surface area (Å²) in [6, 6.07) is 12.8. The summed E-state index contributed by atoms with van der Waals surface area (Å²) in [7, 11) is -7.90. The molecule has 0 radical (unpaired) electrons. The first-order valence-corrected chi connectivity index (χ1v) is 12.8. The zero-order valence-electron chi connectivity index (χ0n) is 16.3. The van der Waals surface area contributed by atoms with Gasteiger partial charge in [0.25, 0.3) is 0 Å². The summed E-state index contributed by atoms with van der Waals surface area (Å²) in [5.41, 5.74) is 1.85. The van der Waals surface area contributed by atoms with Crippen LogP contribution in [0.4, 0.5) is 5.00 Å². The van der Waals surface area contributed by atoms with E-state index in [2.05, 4.69) is 10.3 Å². The molecule has 1 heterocycles. The Morgan fingerprint density at radius 3 is 1.79 bits per heavy atom. The first-order valence-electron chi connectivity index (χ1n) is 9.04. The third-order valence-electron chi connectivity index (χ3n) is 4.26. The van der Waals surface area contributed by atoms with Crippen LogP contribution in [0.15, 0.2) is 67.7 Å². The lowest BCUT2D eigenvalue weighted by Gasteiger charge is -2.06. The first kappa shape index (κ1) is 21.5. The Bertz CT molecular complexity index is 1210. The van der Waals surface area contributed by atoms with Gasteiger partial charge in [0.05, 0.1) is 9.79 Å². The smallest absolute Gasteiger partial charge is 0.233 e. The van der Waals surface area contributed by atoms with Gasteiger partial charge in [-0.2, -0.15) is 0 Å². The minimum Gasteiger partial charge on any atom is -0.374 e. The third-order valence-corrected chi connectivity index (χ3v) is 9.25. The van der Waals surface area contributed by atoms with Gasteiger partial charge in [-0.25, -0.2) is 21.8 Å². The number of rotatable bonds is 7. The molecule has 0 aliphatic rings. The number of nitrogens with one attached hydrogen (secondary N) is 1. The van der Waals surface area contributed by atoms with E-state index in [-0.39, 0.29) is 24.2 Å². The van der Waals surface area contributed by atoms with E-state index < -0.39 is 19.7 Å². The highest BCUT2D eigenvalue weighted by Crippen LogP contribution is 2.36. The molecule has 1 N–H and O–H groups in total. The molecule has 0 unspecified atom stereocenters. The van der Waals surface area contributed by atoms with Gasteiger partial charge in [-0.05, 0) is 44.5 Å². The standard InChI is InChI=1S/C20H22N2O4S3/c1-4-13-21-18-19(28(23,24)16-9-5-14(2)6-10-16)22-20(27-18)29(25,26)17-11-7-15(3)8-12-17/h5-12,21H,4,13H2,1-3H3. The average molecular weight is 451 g/mol. The number of thiazole rings is 1. The Hall–Kier alpha value is -2.23. The predicted molar refractivity (Wildman–Crippen MR) is 114 cm³/mol. The number of aryl methyl sites for hydroxylation is 2. The van der Waals surface area contributed by atoms with Crippen molar-refractivity contribution in [1.29, 1.82) is 0 Å². The van der Waals surface area contributed by atoms with Crippen LogP contribution in [0, 0.1) is 13.8 Å². The van der Waals surface area contributed by atoms with Crippen molar-refractivity contribution in [3.63, 3.8) is 0 Å². The van der Waals surface area contributed by atoms with Crippen LogP contribution in [0.5, 0.6) is 0 Å². The molecule has 0 fully saturated rings. The zero-order valence-corrected chi connectivity index (χ0v) is 18.8. The summed E-state index contributed by atoms with van der Waals surface area (Å²) in [5, 5.41) is 2.99. The van der Waals surface area contributed by atoms with E-state index in [4.69, 9.17) is 0 Å². The molecule has 0 atom stereocenters. The van der Waals surface area contributed by atoms with Crippen molar-refractivity contribution in [2.45, 2.75) is 46.3 Å². The number of hydrogen-bond acceptors (Lipinski definition) is 7. The number of aromatic nitrogens is 1. The Morgan fingerprint density at radius 2 is 1.31 bits per heavy atom. The van der Waals surface area contributed by atoms with Crippen molar-refractivity contribution >= 4 is 36.0 Å². The molecule has 0 saturated carbocycles. The van der Waals surface area contributed by atoms with Crippen molar-refractivity contribution in [1.82, 2.24) is 4.98 Å². The van der Waals surface area contributed by atoms with Gasteiger partial charge in [-0.15, -0.1) is 0 Å². The minimum absolute atomic E-state index is 0.0761. The summed E-state index contributed by atoms with van der Waals surface area (Å²) in [6.07, 6.45) is 0.752. The molecule has 3 rings (SSSR count). The molecule has 154 valence electrons. The van der Waals surface area contributed by atoms with Crippen molar-refractivity contribution in [3.8, 4) is 0 Å². The second-order valence-electron chi connectivity index (χ2n) is 6.67. The van der Waals surface area contributed by atoms with Crippen molar-refractivity contribution in [2.24, 2.45) is 0 Å². The normalized spacial score (nSPS) is 12.1. The third kappa shape index (κ3) is 4.36. The highest BCUT2D eigenvalue weighted by Gasteiger charge is 2.31. The van der Waals surface area contributed by atoms with Crippen LogP contribution in [0.2, 0.25) is 0 Å². The molecule has 0 bridgehead atoms. The molecular weight excluding hydrogens is 428 g/mol. The second kappa shape index (κ2) is 8.25. The summed E-state index contributed by atoms with van der Waals surface area (Å²) in [5.74, 6) is 0. The number of hydrogen-bond donors (Lipinski definition) is 1. The van der Waals surface area contributed by atoms with Gasteiger partial charge >= 0.3 is 0 Å². The maximum atomic E-state index is 13.2. The molecule has 0 saturated heterocycles. The van der Waals surface area contributed by atoms with Crippen LogP contribution in [-0.2, 0) is 19.7 Å². The number of sulfone groups is 2. The molecule has 2 aromatic carbocycles.